The monoisotopic (exact) mass is 340 g/mol. The SMILES string of the molecule is COC[C@](C)(NC(=O)c1cccc(NC(C)=O)c1C)c1ccccc1. The second kappa shape index (κ2) is 7.94. The van der Waals surface area contributed by atoms with Crippen LogP contribution in [0, 0.1) is 6.92 Å². The summed E-state index contributed by atoms with van der Waals surface area (Å²) in [6.07, 6.45) is 0. The van der Waals surface area contributed by atoms with E-state index in [1.54, 1.807) is 25.3 Å². The number of carbonyl (C=O) groups excluding carboxylic acids is 2. The van der Waals surface area contributed by atoms with Crippen LogP contribution >= 0.6 is 0 Å². The van der Waals surface area contributed by atoms with Crippen molar-refractivity contribution >= 4 is 17.5 Å². The van der Waals surface area contributed by atoms with E-state index < -0.39 is 5.54 Å². The van der Waals surface area contributed by atoms with E-state index in [1.165, 1.54) is 6.92 Å². The fraction of sp³-hybridized carbons (Fsp3) is 0.300. The van der Waals surface area contributed by atoms with E-state index in [2.05, 4.69) is 10.6 Å². The molecule has 2 N–H and O–H groups in total. The van der Waals surface area contributed by atoms with Gasteiger partial charge in [0.1, 0.15) is 0 Å². The topological polar surface area (TPSA) is 67.4 Å². The summed E-state index contributed by atoms with van der Waals surface area (Å²) >= 11 is 0. The minimum atomic E-state index is -0.663. The highest BCUT2D eigenvalue weighted by molar-refractivity contribution is 5.99. The highest BCUT2D eigenvalue weighted by Gasteiger charge is 2.29. The first-order valence-corrected chi connectivity index (χ1v) is 8.11. The van der Waals surface area contributed by atoms with Crippen LogP contribution in [0.4, 0.5) is 5.69 Å². The molecule has 2 amide bonds. The second-order valence-electron chi connectivity index (χ2n) is 6.24. The van der Waals surface area contributed by atoms with Crippen molar-refractivity contribution in [3.05, 3.63) is 65.2 Å². The number of methoxy groups -OCH3 is 1. The Morgan fingerprint density at radius 3 is 2.36 bits per heavy atom. The van der Waals surface area contributed by atoms with Gasteiger partial charge in [0.25, 0.3) is 5.91 Å². The number of nitrogens with one attached hydrogen (secondary N) is 2. The summed E-state index contributed by atoms with van der Waals surface area (Å²) in [6.45, 7) is 5.53. The second-order valence-corrected chi connectivity index (χ2v) is 6.24. The van der Waals surface area contributed by atoms with E-state index in [9.17, 15) is 9.59 Å². The Kier molecular flexibility index (Phi) is 5.93. The maximum atomic E-state index is 12.9. The fourth-order valence-corrected chi connectivity index (χ4v) is 2.81. The van der Waals surface area contributed by atoms with E-state index in [1.807, 2.05) is 44.2 Å². The van der Waals surface area contributed by atoms with Crippen molar-refractivity contribution in [3.63, 3.8) is 0 Å². The number of anilines is 1. The highest BCUT2D eigenvalue weighted by atomic mass is 16.5. The maximum absolute atomic E-state index is 12.9. The zero-order valence-electron chi connectivity index (χ0n) is 15.1. The van der Waals surface area contributed by atoms with Gasteiger partial charge in [0.15, 0.2) is 0 Å². The highest BCUT2D eigenvalue weighted by Crippen LogP contribution is 2.24. The van der Waals surface area contributed by atoms with Crippen molar-refractivity contribution < 1.29 is 14.3 Å². The average Bonchev–Trinajstić information content (AvgIpc) is 2.57. The van der Waals surface area contributed by atoms with Crippen LogP contribution in [-0.2, 0) is 15.1 Å². The molecule has 0 saturated carbocycles. The average molecular weight is 340 g/mol. The van der Waals surface area contributed by atoms with E-state index in [0.29, 0.717) is 17.9 Å². The largest absolute Gasteiger partial charge is 0.382 e. The third-order valence-electron chi connectivity index (χ3n) is 4.12. The van der Waals surface area contributed by atoms with Crippen LogP contribution in [0.5, 0.6) is 0 Å². The van der Waals surface area contributed by atoms with Gasteiger partial charge in [-0.1, -0.05) is 36.4 Å². The molecule has 0 aliphatic carbocycles. The summed E-state index contributed by atoms with van der Waals surface area (Å²) < 4.78 is 5.33. The van der Waals surface area contributed by atoms with Crippen LogP contribution in [0.1, 0.15) is 35.3 Å². The van der Waals surface area contributed by atoms with Gasteiger partial charge in [0.2, 0.25) is 5.91 Å². The summed E-state index contributed by atoms with van der Waals surface area (Å²) in [5.74, 6) is -0.387. The molecule has 1 atom stereocenters. The number of carbonyl (C=O) groups is 2. The Labute approximate surface area is 148 Å². The Morgan fingerprint density at radius 1 is 1.08 bits per heavy atom. The van der Waals surface area contributed by atoms with E-state index in [0.717, 1.165) is 11.1 Å². The molecule has 0 heterocycles. The van der Waals surface area contributed by atoms with Crippen molar-refractivity contribution in [1.82, 2.24) is 5.32 Å². The standard InChI is InChI=1S/C20H24N2O3/c1-14-17(11-8-12-18(14)21-15(2)23)19(24)22-20(3,13-25-4)16-9-6-5-7-10-16/h5-12H,13H2,1-4H3,(H,21,23)(H,22,24)/t20-/m0/s1. The van der Waals surface area contributed by atoms with Crippen LogP contribution < -0.4 is 10.6 Å². The van der Waals surface area contributed by atoms with Crippen molar-refractivity contribution in [2.24, 2.45) is 0 Å². The van der Waals surface area contributed by atoms with Crippen LogP contribution in [0.2, 0.25) is 0 Å². The van der Waals surface area contributed by atoms with Gasteiger partial charge < -0.3 is 15.4 Å². The molecular weight excluding hydrogens is 316 g/mol. The van der Waals surface area contributed by atoms with Gasteiger partial charge in [-0.25, -0.2) is 0 Å². The van der Waals surface area contributed by atoms with Gasteiger partial charge in [-0.3, -0.25) is 9.59 Å². The lowest BCUT2D eigenvalue weighted by molar-refractivity contribution is -0.114. The summed E-state index contributed by atoms with van der Waals surface area (Å²) in [5, 5.41) is 5.82. The molecule has 0 unspecified atom stereocenters. The van der Waals surface area contributed by atoms with Crippen LogP contribution in [-0.4, -0.2) is 25.5 Å². The fourth-order valence-electron chi connectivity index (χ4n) is 2.81. The lowest BCUT2D eigenvalue weighted by Gasteiger charge is -2.31. The summed E-state index contributed by atoms with van der Waals surface area (Å²) in [7, 11) is 1.61. The molecule has 132 valence electrons. The predicted molar refractivity (Wildman–Crippen MR) is 98.6 cm³/mol. The van der Waals surface area contributed by atoms with Gasteiger partial charge in [-0.05, 0) is 37.1 Å². The zero-order chi connectivity index (χ0) is 18.4. The number of ether oxygens (including phenoxy) is 1. The molecule has 0 saturated heterocycles. The zero-order valence-corrected chi connectivity index (χ0v) is 15.1. The lowest BCUT2D eigenvalue weighted by Crippen LogP contribution is -2.47. The third-order valence-corrected chi connectivity index (χ3v) is 4.12. The quantitative estimate of drug-likeness (QED) is 0.848. The molecule has 2 rings (SSSR count). The van der Waals surface area contributed by atoms with Gasteiger partial charge in [0.05, 0.1) is 12.1 Å². The number of benzene rings is 2. The summed E-state index contributed by atoms with van der Waals surface area (Å²) in [4.78, 5) is 24.2. The Bertz CT molecular complexity index is 759. The molecular formula is C20H24N2O3. The van der Waals surface area contributed by atoms with Gasteiger partial charge in [-0.2, -0.15) is 0 Å². The van der Waals surface area contributed by atoms with Gasteiger partial charge >= 0.3 is 0 Å². The van der Waals surface area contributed by atoms with Gasteiger partial charge in [0, 0.05) is 25.3 Å². The Balaban J connectivity index is 2.32. The molecule has 0 aliphatic rings. The first kappa shape index (κ1) is 18.7. The van der Waals surface area contributed by atoms with Crippen molar-refractivity contribution in [2.45, 2.75) is 26.3 Å². The number of hydrogen-bond donors (Lipinski definition) is 2. The Hall–Kier alpha value is -2.66. The molecule has 0 fully saturated rings. The van der Waals surface area contributed by atoms with Crippen LogP contribution in [0.25, 0.3) is 0 Å². The summed E-state index contributed by atoms with van der Waals surface area (Å²) in [5.41, 5.74) is 2.17. The molecule has 5 nitrogen and oxygen atoms in total. The van der Waals surface area contributed by atoms with Crippen molar-refractivity contribution in [1.29, 1.82) is 0 Å². The number of hydrogen-bond acceptors (Lipinski definition) is 3. The molecule has 0 aliphatic heterocycles. The molecule has 0 spiro atoms. The molecule has 5 heteroatoms. The van der Waals surface area contributed by atoms with Crippen LogP contribution in [0.3, 0.4) is 0 Å². The van der Waals surface area contributed by atoms with Crippen LogP contribution in [0.15, 0.2) is 48.5 Å². The van der Waals surface area contributed by atoms with Crippen molar-refractivity contribution in [2.75, 3.05) is 19.0 Å². The molecule has 0 aromatic heterocycles. The van der Waals surface area contributed by atoms with E-state index in [-0.39, 0.29) is 11.8 Å². The smallest absolute Gasteiger partial charge is 0.252 e. The summed E-state index contributed by atoms with van der Waals surface area (Å²) in [6, 6.07) is 15.0. The first-order valence-electron chi connectivity index (χ1n) is 8.11. The molecule has 2 aromatic rings. The number of rotatable bonds is 6. The third kappa shape index (κ3) is 4.45. The van der Waals surface area contributed by atoms with E-state index in [4.69, 9.17) is 4.74 Å². The molecule has 25 heavy (non-hydrogen) atoms. The van der Waals surface area contributed by atoms with Gasteiger partial charge in [-0.15, -0.1) is 0 Å². The molecule has 0 bridgehead atoms. The maximum Gasteiger partial charge on any atom is 0.252 e. The van der Waals surface area contributed by atoms with Crippen molar-refractivity contribution in [3.8, 4) is 0 Å². The minimum Gasteiger partial charge on any atom is -0.382 e. The molecule has 2 aromatic carbocycles. The Morgan fingerprint density at radius 2 is 1.76 bits per heavy atom. The minimum absolute atomic E-state index is 0.172. The molecule has 0 radical (unpaired) electrons. The normalized spacial score (nSPS) is 13.0. The van der Waals surface area contributed by atoms with E-state index >= 15 is 0 Å². The first-order chi connectivity index (χ1) is 11.9. The lowest BCUT2D eigenvalue weighted by atomic mass is 9.92. The predicted octanol–water partition coefficient (Wildman–Crippen LogP) is 3.25. The number of amides is 2.